The van der Waals surface area contributed by atoms with Gasteiger partial charge in [-0.05, 0) is 6.92 Å². The molecule has 132 valence electrons. The van der Waals surface area contributed by atoms with Crippen LogP contribution in [0, 0.1) is 10.1 Å². The van der Waals surface area contributed by atoms with Crippen molar-refractivity contribution < 1.29 is 22.9 Å². The van der Waals surface area contributed by atoms with E-state index in [2.05, 4.69) is 4.98 Å². The number of rotatable bonds is 4. The highest BCUT2D eigenvalue weighted by Crippen LogP contribution is 2.26. The van der Waals surface area contributed by atoms with Crippen LogP contribution in [0.3, 0.4) is 0 Å². The van der Waals surface area contributed by atoms with Crippen molar-refractivity contribution in [2.45, 2.75) is 19.1 Å². The zero-order valence-electron chi connectivity index (χ0n) is 12.8. The molecule has 2 rings (SSSR count). The van der Waals surface area contributed by atoms with Crippen LogP contribution < -0.4 is 10.6 Å². The third kappa shape index (κ3) is 4.10. The SMILES string of the molecule is CC1CN(c2ncc([N+](=O)[O-])cc2C(N)=O)CCN1CC(F)(F)F. The Morgan fingerprint density at radius 2 is 2.17 bits per heavy atom. The number of piperazine rings is 1. The normalized spacial score (nSPS) is 19.3. The number of primary amides is 1. The summed E-state index contributed by atoms with van der Waals surface area (Å²) in [5.41, 5.74) is 4.75. The Bertz CT molecular complexity index is 652. The highest BCUT2D eigenvalue weighted by atomic mass is 19.4. The van der Waals surface area contributed by atoms with Crippen molar-refractivity contribution >= 4 is 17.4 Å². The van der Waals surface area contributed by atoms with Gasteiger partial charge in [0.05, 0.1) is 17.0 Å². The van der Waals surface area contributed by atoms with E-state index in [4.69, 9.17) is 5.73 Å². The third-order valence-electron chi connectivity index (χ3n) is 3.78. The Hall–Kier alpha value is -2.43. The number of pyridine rings is 1. The standard InChI is InChI=1S/C13H16F3N5O3/c1-8-6-19(2-3-20(8)7-13(14,15)16)12-10(11(17)22)4-9(5-18-12)21(23)24/h4-5,8H,2-3,6-7H2,1H3,(H2,17,22). The number of hydrogen-bond donors (Lipinski definition) is 1. The van der Waals surface area contributed by atoms with Gasteiger partial charge in [0, 0.05) is 31.7 Å². The second-order valence-corrected chi connectivity index (χ2v) is 5.57. The smallest absolute Gasteiger partial charge is 0.365 e. The van der Waals surface area contributed by atoms with E-state index < -0.39 is 29.6 Å². The molecule has 1 unspecified atom stereocenters. The molecule has 1 saturated heterocycles. The molecule has 1 aliphatic heterocycles. The Labute approximate surface area is 135 Å². The summed E-state index contributed by atoms with van der Waals surface area (Å²) in [4.78, 5) is 28.4. The second-order valence-electron chi connectivity index (χ2n) is 5.57. The van der Waals surface area contributed by atoms with Gasteiger partial charge in [0.15, 0.2) is 0 Å². The molecule has 1 aromatic rings. The Kier molecular flexibility index (Phi) is 4.92. The van der Waals surface area contributed by atoms with Gasteiger partial charge in [0.2, 0.25) is 0 Å². The topological polar surface area (TPSA) is 106 Å². The van der Waals surface area contributed by atoms with E-state index in [1.807, 2.05) is 0 Å². The summed E-state index contributed by atoms with van der Waals surface area (Å²) in [5, 5.41) is 10.8. The molecule has 2 N–H and O–H groups in total. The van der Waals surface area contributed by atoms with Crippen LogP contribution in [0.1, 0.15) is 17.3 Å². The first-order valence-corrected chi connectivity index (χ1v) is 7.08. The van der Waals surface area contributed by atoms with Crippen molar-refractivity contribution in [2.75, 3.05) is 31.1 Å². The maximum atomic E-state index is 12.5. The van der Waals surface area contributed by atoms with Crippen molar-refractivity contribution in [2.24, 2.45) is 5.73 Å². The van der Waals surface area contributed by atoms with Gasteiger partial charge in [-0.1, -0.05) is 0 Å². The van der Waals surface area contributed by atoms with E-state index in [9.17, 15) is 28.1 Å². The summed E-state index contributed by atoms with van der Waals surface area (Å²) < 4.78 is 37.6. The molecule has 0 radical (unpaired) electrons. The molecule has 0 saturated carbocycles. The summed E-state index contributed by atoms with van der Waals surface area (Å²) in [7, 11) is 0. The fourth-order valence-corrected chi connectivity index (χ4v) is 2.63. The summed E-state index contributed by atoms with van der Waals surface area (Å²) in [5.74, 6) is -0.738. The number of aromatic nitrogens is 1. The van der Waals surface area contributed by atoms with Gasteiger partial charge in [-0.25, -0.2) is 4.98 Å². The van der Waals surface area contributed by atoms with Crippen molar-refractivity contribution in [3.63, 3.8) is 0 Å². The average molecular weight is 347 g/mol. The molecular formula is C13H16F3N5O3. The molecular weight excluding hydrogens is 331 g/mol. The summed E-state index contributed by atoms with van der Waals surface area (Å²) in [6.07, 6.45) is -3.30. The lowest BCUT2D eigenvalue weighted by Gasteiger charge is -2.40. The summed E-state index contributed by atoms with van der Waals surface area (Å²) >= 11 is 0. The monoisotopic (exact) mass is 347 g/mol. The van der Waals surface area contributed by atoms with Crippen LogP contribution >= 0.6 is 0 Å². The zero-order valence-corrected chi connectivity index (χ0v) is 12.8. The van der Waals surface area contributed by atoms with Crippen LogP contribution in [0.5, 0.6) is 0 Å². The van der Waals surface area contributed by atoms with Crippen molar-refractivity contribution in [3.8, 4) is 0 Å². The first-order valence-electron chi connectivity index (χ1n) is 7.08. The number of amides is 1. The third-order valence-corrected chi connectivity index (χ3v) is 3.78. The number of carbonyl (C=O) groups is 1. The molecule has 11 heteroatoms. The number of nitrogens with zero attached hydrogens (tertiary/aromatic N) is 4. The molecule has 8 nitrogen and oxygen atoms in total. The Balaban J connectivity index is 2.21. The van der Waals surface area contributed by atoms with Gasteiger partial charge < -0.3 is 10.6 Å². The minimum absolute atomic E-state index is 0.123. The van der Waals surface area contributed by atoms with Gasteiger partial charge in [-0.2, -0.15) is 13.2 Å². The van der Waals surface area contributed by atoms with E-state index >= 15 is 0 Å². The van der Waals surface area contributed by atoms with Crippen LogP contribution in [-0.2, 0) is 0 Å². The van der Waals surface area contributed by atoms with Gasteiger partial charge in [0.25, 0.3) is 11.6 Å². The van der Waals surface area contributed by atoms with Crippen LogP contribution in [0.25, 0.3) is 0 Å². The highest BCUT2D eigenvalue weighted by molar-refractivity contribution is 5.98. The number of halogens is 3. The van der Waals surface area contributed by atoms with Crippen molar-refractivity contribution in [3.05, 3.63) is 27.9 Å². The summed E-state index contributed by atoms with van der Waals surface area (Å²) in [6.45, 7) is 1.13. The highest BCUT2D eigenvalue weighted by Gasteiger charge is 2.36. The lowest BCUT2D eigenvalue weighted by Crippen LogP contribution is -2.54. The number of hydrogen-bond acceptors (Lipinski definition) is 6. The molecule has 0 aliphatic carbocycles. The molecule has 1 aliphatic rings. The maximum Gasteiger partial charge on any atom is 0.401 e. The first-order chi connectivity index (χ1) is 11.1. The van der Waals surface area contributed by atoms with E-state index in [1.54, 1.807) is 11.8 Å². The number of carbonyl (C=O) groups excluding carboxylic acids is 1. The largest absolute Gasteiger partial charge is 0.401 e. The lowest BCUT2D eigenvalue weighted by atomic mass is 10.1. The van der Waals surface area contributed by atoms with Crippen LogP contribution in [0.15, 0.2) is 12.3 Å². The molecule has 0 bridgehead atoms. The van der Waals surface area contributed by atoms with E-state index in [0.717, 1.165) is 12.3 Å². The predicted molar refractivity (Wildman–Crippen MR) is 78.7 cm³/mol. The van der Waals surface area contributed by atoms with Crippen molar-refractivity contribution in [1.82, 2.24) is 9.88 Å². The summed E-state index contributed by atoms with van der Waals surface area (Å²) in [6, 6.07) is 0.593. The zero-order chi connectivity index (χ0) is 18.1. The minimum Gasteiger partial charge on any atom is -0.365 e. The first kappa shape index (κ1) is 17.9. The predicted octanol–water partition coefficient (Wildman–Crippen LogP) is 1.16. The molecule has 1 amide bonds. The quantitative estimate of drug-likeness (QED) is 0.647. The molecule has 1 atom stereocenters. The number of anilines is 1. The number of nitrogens with two attached hydrogens (primary N) is 1. The molecule has 1 aromatic heterocycles. The molecule has 0 aromatic carbocycles. The van der Waals surface area contributed by atoms with Gasteiger partial charge in [-0.15, -0.1) is 0 Å². The average Bonchev–Trinajstić information content (AvgIpc) is 2.47. The minimum atomic E-state index is -4.29. The van der Waals surface area contributed by atoms with Crippen LogP contribution in [0.4, 0.5) is 24.7 Å². The second kappa shape index (κ2) is 6.59. The van der Waals surface area contributed by atoms with Crippen LogP contribution in [-0.4, -0.2) is 59.1 Å². The van der Waals surface area contributed by atoms with Crippen LogP contribution in [0.2, 0.25) is 0 Å². The van der Waals surface area contributed by atoms with Crippen molar-refractivity contribution in [1.29, 1.82) is 0 Å². The Morgan fingerprint density at radius 1 is 1.50 bits per heavy atom. The molecule has 2 heterocycles. The molecule has 24 heavy (non-hydrogen) atoms. The number of alkyl halides is 3. The van der Waals surface area contributed by atoms with Gasteiger partial charge in [-0.3, -0.25) is 19.8 Å². The molecule has 1 fully saturated rings. The number of nitro groups is 1. The lowest BCUT2D eigenvalue weighted by molar-refractivity contribution is -0.385. The van der Waals surface area contributed by atoms with Gasteiger partial charge in [0.1, 0.15) is 12.0 Å². The van der Waals surface area contributed by atoms with E-state index in [1.165, 1.54) is 4.90 Å². The maximum absolute atomic E-state index is 12.5. The fraction of sp³-hybridized carbons (Fsp3) is 0.538. The van der Waals surface area contributed by atoms with E-state index in [-0.39, 0.29) is 36.7 Å². The fourth-order valence-electron chi connectivity index (χ4n) is 2.63. The Morgan fingerprint density at radius 3 is 2.67 bits per heavy atom. The van der Waals surface area contributed by atoms with Gasteiger partial charge >= 0.3 is 6.18 Å². The molecule has 0 spiro atoms. The van der Waals surface area contributed by atoms with E-state index in [0.29, 0.717) is 0 Å².